The zero-order valence-corrected chi connectivity index (χ0v) is 10.3. The second-order valence-corrected chi connectivity index (χ2v) is 4.89. The van der Waals surface area contributed by atoms with Gasteiger partial charge in [-0.05, 0) is 31.6 Å². The van der Waals surface area contributed by atoms with Crippen molar-refractivity contribution in [3.05, 3.63) is 23.8 Å². The number of Topliss-reactive ketones (excluding diaryl/α,β-unsaturated/α-hetero) is 1. The molecule has 2 atom stereocenters. The molecule has 0 heterocycles. The van der Waals surface area contributed by atoms with E-state index in [1.807, 2.05) is 19.1 Å². The first kappa shape index (κ1) is 13.6. The molecule has 0 fully saturated rings. The summed E-state index contributed by atoms with van der Waals surface area (Å²) in [6, 6.07) is -0.858. The Morgan fingerprint density at radius 3 is 2.76 bits per heavy atom. The van der Waals surface area contributed by atoms with Crippen molar-refractivity contribution in [2.24, 2.45) is 11.1 Å². The minimum absolute atomic E-state index is 0.0352. The Hall–Kier alpha value is -1.42. The SMILES string of the molecule is CC(=O)C1=CCCC(C)(CC(N)C(=O)O)C=C1. The number of carboxylic acid groups (broad SMARTS) is 1. The first-order chi connectivity index (χ1) is 7.84. The van der Waals surface area contributed by atoms with Gasteiger partial charge in [0.1, 0.15) is 6.04 Å². The fourth-order valence-corrected chi connectivity index (χ4v) is 2.02. The number of nitrogens with two attached hydrogens (primary N) is 1. The van der Waals surface area contributed by atoms with Crippen LogP contribution in [-0.2, 0) is 9.59 Å². The van der Waals surface area contributed by atoms with Gasteiger partial charge in [0, 0.05) is 5.57 Å². The van der Waals surface area contributed by atoms with Crippen molar-refractivity contribution in [1.29, 1.82) is 0 Å². The zero-order valence-electron chi connectivity index (χ0n) is 10.3. The molecular weight excluding hydrogens is 218 g/mol. The highest BCUT2D eigenvalue weighted by Gasteiger charge is 2.28. The molecule has 0 aromatic carbocycles. The Morgan fingerprint density at radius 2 is 2.24 bits per heavy atom. The van der Waals surface area contributed by atoms with E-state index in [-0.39, 0.29) is 11.2 Å². The fraction of sp³-hybridized carbons (Fsp3) is 0.538. The predicted molar refractivity (Wildman–Crippen MR) is 65.5 cm³/mol. The van der Waals surface area contributed by atoms with E-state index >= 15 is 0 Å². The molecule has 0 amide bonds. The molecule has 17 heavy (non-hydrogen) atoms. The van der Waals surface area contributed by atoms with Crippen molar-refractivity contribution < 1.29 is 14.7 Å². The number of hydrogen-bond donors (Lipinski definition) is 2. The van der Waals surface area contributed by atoms with Crippen LogP contribution in [0.3, 0.4) is 0 Å². The molecule has 0 saturated carbocycles. The second kappa shape index (κ2) is 5.27. The first-order valence-electron chi connectivity index (χ1n) is 5.73. The van der Waals surface area contributed by atoms with Crippen molar-refractivity contribution >= 4 is 11.8 Å². The van der Waals surface area contributed by atoms with E-state index in [0.29, 0.717) is 12.0 Å². The Bertz CT molecular complexity index is 384. The van der Waals surface area contributed by atoms with Gasteiger partial charge in [-0.15, -0.1) is 0 Å². The fourth-order valence-electron chi connectivity index (χ4n) is 2.02. The number of hydrogen-bond acceptors (Lipinski definition) is 3. The van der Waals surface area contributed by atoms with E-state index < -0.39 is 12.0 Å². The van der Waals surface area contributed by atoms with Crippen LogP contribution >= 0.6 is 0 Å². The van der Waals surface area contributed by atoms with Crippen molar-refractivity contribution in [3.8, 4) is 0 Å². The molecule has 3 N–H and O–H groups in total. The Kier molecular flexibility index (Phi) is 4.23. The summed E-state index contributed by atoms with van der Waals surface area (Å²) < 4.78 is 0. The van der Waals surface area contributed by atoms with Crippen molar-refractivity contribution in [2.75, 3.05) is 0 Å². The van der Waals surface area contributed by atoms with Crippen LogP contribution in [0.25, 0.3) is 0 Å². The Balaban J connectivity index is 2.77. The molecule has 0 radical (unpaired) electrons. The van der Waals surface area contributed by atoms with Gasteiger partial charge in [-0.1, -0.05) is 25.2 Å². The number of rotatable bonds is 4. The number of ketones is 1. The van der Waals surface area contributed by atoms with Crippen LogP contribution in [-0.4, -0.2) is 22.9 Å². The zero-order chi connectivity index (χ0) is 13.1. The van der Waals surface area contributed by atoms with Gasteiger partial charge in [-0.3, -0.25) is 9.59 Å². The van der Waals surface area contributed by atoms with E-state index in [4.69, 9.17) is 10.8 Å². The number of allylic oxidation sites excluding steroid dienone is 4. The largest absolute Gasteiger partial charge is 0.480 e. The molecule has 0 bridgehead atoms. The summed E-state index contributed by atoms with van der Waals surface area (Å²) >= 11 is 0. The number of carbonyl (C=O) groups is 2. The third-order valence-corrected chi connectivity index (χ3v) is 3.15. The lowest BCUT2D eigenvalue weighted by Crippen LogP contribution is -2.35. The van der Waals surface area contributed by atoms with E-state index in [1.54, 1.807) is 6.08 Å². The maximum Gasteiger partial charge on any atom is 0.320 e. The van der Waals surface area contributed by atoms with Crippen LogP contribution < -0.4 is 5.73 Å². The average Bonchev–Trinajstić information content (AvgIpc) is 2.40. The third kappa shape index (κ3) is 3.82. The van der Waals surface area contributed by atoms with E-state index in [1.165, 1.54) is 6.92 Å². The summed E-state index contributed by atoms with van der Waals surface area (Å²) in [4.78, 5) is 22.0. The van der Waals surface area contributed by atoms with Crippen LogP contribution in [0.5, 0.6) is 0 Å². The minimum Gasteiger partial charge on any atom is -0.480 e. The summed E-state index contributed by atoms with van der Waals surface area (Å²) in [5.74, 6) is -0.948. The normalized spacial score (nSPS) is 25.9. The maximum absolute atomic E-state index is 11.3. The highest BCUT2D eigenvalue weighted by atomic mass is 16.4. The number of carbonyl (C=O) groups excluding carboxylic acids is 1. The third-order valence-electron chi connectivity index (χ3n) is 3.15. The topological polar surface area (TPSA) is 80.4 Å². The van der Waals surface area contributed by atoms with Crippen molar-refractivity contribution in [3.63, 3.8) is 0 Å². The van der Waals surface area contributed by atoms with Crippen LogP contribution in [0.1, 0.15) is 33.1 Å². The predicted octanol–water partition coefficient (Wildman–Crippen LogP) is 1.66. The molecule has 94 valence electrons. The molecule has 0 aliphatic heterocycles. The number of aliphatic carboxylic acids is 1. The monoisotopic (exact) mass is 237 g/mol. The number of carboxylic acids is 1. The van der Waals surface area contributed by atoms with E-state index in [2.05, 4.69) is 0 Å². The van der Waals surface area contributed by atoms with Gasteiger partial charge in [-0.2, -0.15) is 0 Å². The minimum atomic E-state index is -0.983. The average molecular weight is 237 g/mol. The smallest absolute Gasteiger partial charge is 0.320 e. The van der Waals surface area contributed by atoms with E-state index in [9.17, 15) is 9.59 Å². The van der Waals surface area contributed by atoms with Crippen LogP contribution in [0.4, 0.5) is 0 Å². The lowest BCUT2D eigenvalue weighted by atomic mass is 9.80. The summed E-state index contributed by atoms with van der Waals surface area (Å²) in [5, 5.41) is 8.82. The quantitative estimate of drug-likeness (QED) is 0.779. The molecule has 4 heteroatoms. The molecule has 0 spiro atoms. The Morgan fingerprint density at radius 1 is 1.59 bits per heavy atom. The van der Waals surface area contributed by atoms with E-state index in [0.717, 1.165) is 12.8 Å². The highest BCUT2D eigenvalue weighted by molar-refractivity contribution is 5.96. The molecule has 4 nitrogen and oxygen atoms in total. The first-order valence-corrected chi connectivity index (χ1v) is 5.73. The molecular formula is C13H19NO3. The summed E-state index contributed by atoms with van der Waals surface area (Å²) in [5.41, 5.74) is 5.99. The van der Waals surface area contributed by atoms with Gasteiger partial charge >= 0.3 is 5.97 Å². The molecule has 1 aliphatic rings. The van der Waals surface area contributed by atoms with Gasteiger partial charge in [-0.25, -0.2) is 0 Å². The molecule has 0 saturated heterocycles. The maximum atomic E-state index is 11.3. The molecule has 2 unspecified atom stereocenters. The Labute approximate surface area is 101 Å². The van der Waals surface area contributed by atoms with Gasteiger partial charge in [0.25, 0.3) is 0 Å². The lowest BCUT2D eigenvalue weighted by molar-refractivity contribution is -0.139. The van der Waals surface area contributed by atoms with Gasteiger partial charge < -0.3 is 10.8 Å². The molecule has 1 aliphatic carbocycles. The summed E-state index contributed by atoms with van der Waals surface area (Å²) in [6.07, 6.45) is 7.56. The van der Waals surface area contributed by atoms with Crippen molar-refractivity contribution in [1.82, 2.24) is 0 Å². The standard InChI is InChI=1S/C13H19NO3/c1-9(15)10-4-3-6-13(2,7-5-10)8-11(14)12(16)17/h4-5,7,11H,3,6,8,14H2,1-2H3,(H,16,17). The highest BCUT2D eigenvalue weighted by Crippen LogP contribution is 2.33. The molecule has 1 rings (SSSR count). The summed E-state index contributed by atoms with van der Waals surface area (Å²) in [7, 11) is 0. The molecule has 0 aromatic heterocycles. The molecule has 0 aromatic rings. The second-order valence-electron chi connectivity index (χ2n) is 4.89. The summed E-state index contributed by atoms with van der Waals surface area (Å²) in [6.45, 7) is 3.50. The van der Waals surface area contributed by atoms with Crippen LogP contribution in [0, 0.1) is 5.41 Å². The van der Waals surface area contributed by atoms with Gasteiger partial charge in [0.2, 0.25) is 0 Å². The van der Waals surface area contributed by atoms with Gasteiger partial charge in [0.15, 0.2) is 5.78 Å². The van der Waals surface area contributed by atoms with Gasteiger partial charge in [0.05, 0.1) is 0 Å². The van der Waals surface area contributed by atoms with Crippen molar-refractivity contribution in [2.45, 2.75) is 39.2 Å². The lowest BCUT2D eigenvalue weighted by Gasteiger charge is -2.26. The van der Waals surface area contributed by atoms with Crippen LogP contribution in [0.2, 0.25) is 0 Å². The van der Waals surface area contributed by atoms with Crippen LogP contribution in [0.15, 0.2) is 23.8 Å².